The summed E-state index contributed by atoms with van der Waals surface area (Å²) in [6.45, 7) is 2.56. The molecule has 0 aliphatic heterocycles. The van der Waals surface area contributed by atoms with Gasteiger partial charge in [0.2, 0.25) is 0 Å². The van der Waals surface area contributed by atoms with Crippen LogP contribution in [0.15, 0.2) is 9.95 Å². The van der Waals surface area contributed by atoms with Crippen LogP contribution in [0.3, 0.4) is 0 Å². The Kier molecular flexibility index (Phi) is 4.33. The molecule has 1 heterocycles. The summed E-state index contributed by atoms with van der Waals surface area (Å²) in [4.78, 5) is 11.2. The molecule has 1 N–H and O–H groups in total. The molecule has 1 aromatic heterocycles. The van der Waals surface area contributed by atoms with Gasteiger partial charge in [-0.25, -0.2) is 9.89 Å². The summed E-state index contributed by atoms with van der Waals surface area (Å²) < 4.78 is 1.61. The Morgan fingerprint density at radius 2 is 2.50 bits per heavy atom. The Morgan fingerprint density at radius 3 is 3.14 bits per heavy atom. The van der Waals surface area contributed by atoms with Crippen molar-refractivity contribution in [2.75, 3.05) is 5.75 Å². The fourth-order valence-electron chi connectivity index (χ4n) is 1.03. The first-order valence-electron chi connectivity index (χ1n) is 4.51. The minimum absolute atomic E-state index is 0.146. The number of nitrogens with zero attached hydrogens (tertiary/aromatic N) is 2. The molecule has 0 amide bonds. The molecule has 0 aliphatic rings. The number of hydrogen-bond acceptors (Lipinski definition) is 3. The predicted octanol–water partition coefficient (Wildman–Crippen LogP) is 1.10. The van der Waals surface area contributed by atoms with E-state index in [4.69, 9.17) is 6.42 Å². The lowest BCUT2D eigenvalue weighted by atomic mass is 10.4. The third kappa shape index (κ3) is 2.67. The Hall–Kier alpha value is -1.15. The summed E-state index contributed by atoms with van der Waals surface area (Å²) in [5.74, 6) is 3.48. The quantitative estimate of drug-likeness (QED) is 0.451. The molecule has 0 aromatic carbocycles. The van der Waals surface area contributed by atoms with E-state index in [-0.39, 0.29) is 5.69 Å². The van der Waals surface area contributed by atoms with Gasteiger partial charge in [0.1, 0.15) is 0 Å². The molecule has 0 radical (unpaired) electrons. The number of terminal acetylenes is 1. The zero-order valence-corrected chi connectivity index (χ0v) is 8.93. The highest BCUT2D eigenvalue weighted by atomic mass is 32.2. The Morgan fingerprint density at radius 1 is 1.71 bits per heavy atom. The van der Waals surface area contributed by atoms with E-state index >= 15 is 0 Å². The third-order valence-corrected chi connectivity index (χ3v) is 2.80. The van der Waals surface area contributed by atoms with Crippen LogP contribution in [-0.2, 0) is 6.54 Å². The zero-order chi connectivity index (χ0) is 10.4. The third-order valence-electron chi connectivity index (χ3n) is 1.74. The van der Waals surface area contributed by atoms with E-state index in [9.17, 15) is 4.79 Å². The molecule has 0 fully saturated rings. The van der Waals surface area contributed by atoms with Crippen molar-refractivity contribution in [3.63, 3.8) is 0 Å². The molecular weight excluding hydrogens is 198 g/mol. The van der Waals surface area contributed by atoms with Gasteiger partial charge in [0.25, 0.3) is 0 Å². The normalized spacial score (nSPS) is 10.0. The molecule has 1 rings (SSSR count). The monoisotopic (exact) mass is 211 g/mol. The van der Waals surface area contributed by atoms with Gasteiger partial charge >= 0.3 is 5.69 Å². The van der Waals surface area contributed by atoms with Crippen molar-refractivity contribution in [2.24, 2.45) is 0 Å². The lowest BCUT2D eigenvalue weighted by molar-refractivity contribution is 0.660. The standard InChI is InChI=1S/C9H13N3OS/c1-3-5-6-7-14-9-11-10-8(13)12(9)4-2/h1H,4-7H2,2H3,(H,10,13). The number of unbranched alkanes of at least 4 members (excludes halogenated alkanes) is 1. The van der Waals surface area contributed by atoms with Crippen LogP contribution in [-0.4, -0.2) is 20.5 Å². The molecular formula is C9H13N3OS. The van der Waals surface area contributed by atoms with Crippen molar-refractivity contribution < 1.29 is 0 Å². The van der Waals surface area contributed by atoms with Crippen LogP contribution >= 0.6 is 11.8 Å². The van der Waals surface area contributed by atoms with E-state index in [1.807, 2.05) is 6.92 Å². The van der Waals surface area contributed by atoms with E-state index in [2.05, 4.69) is 16.1 Å². The number of rotatable bonds is 5. The summed E-state index contributed by atoms with van der Waals surface area (Å²) in [5, 5.41) is 7.09. The number of H-pyrrole nitrogens is 1. The van der Waals surface area contributed by atoms with Gasteiger partial charge in [-0.2, -0.15) is 0 Å². The highest BCUT2D eigenvalue weighted by Gasteiger charge is 2.05. The molecule has 0 saturated heterocycles. The van der Waals surface area contributed by atoms with Crippen LogP contribution < -0.4 is 5.69 Å². The van der Waals surface area contributed by atoms with E-state index < -0.39 is 0 Å². The van der Waals surface area contributed by atoms with Crippen molar-refractivity contribution in [1.82, 2.24) is 14.8 Å². The molecule has 0 atom stereocenters. The van der Waals surface area contributed by atoms with Crippen LogP contribution in [0.5, 0.6) is 0 Å². The van der Waals surface area contributed by atoms with Crippen molar-refractivity contribution in [3.05, 3.63) is 10.5 Å². The average molecular weight is 211 g/mol. The molecule has 0 unspecified atom stereocenters. The number of thioether (sulfide) groups is 1. The summed E-state index contributed by atoms with van der Waals surface area (Å²) in [5.41, 5.74) is -0.146. The largest absolute Gasteiger partial charge is 0.343 e. The molecule has 76 valence electrons. The highest BCUT2D eigenvalue weighted by Crippen LogP contribution is 2.14. The summed E-state index contributed by atoms with van der Waals surface area (Å²) >= 11 is 1.56. The first-order valence-corrected chi connectivity index (χ1v) is 5.49. The predicted molar refractivity (Wildman–Crippen MR) is 57.3 cm³/mol. The second-order valence-electron chi connectivity index (χ2n) is 2.71. The summed E-state index contributed by atoms with van der Waals surface area (Å²) in [7, 11) is 0. The fraction of sp³-hybridized carbons (Fsp3) is 0.556. The molecule has 0 spiro atoms. The van der Waals surface area contributed by atoms with Crippen LogP contribution in [0, 0.1) is 12.3 Å². The molecule has 0 aliphatic carbocycles. The topological polar surface area (TPSA) is 50.7 Å². The molecule has 4 nitrogen and oxygen atoms in total. The summed E-state index contributed by atoms with van der Waals surface area (Å²) in [6, 6.07) is 0. The molecule has 14 heavy (non-hydrogen) atoms. The first-order chi connectivity index (χ1) is 6.79. The minimum atomic E-state index is -0.146. The second-order valence-corrected chi connectivity index (χ2v) is 3.77. The Bertz CT molecular complexity index is 374. The zero-order valence-electron chi connectivity index (χ0n) is 8.12. The lowest BCUT2D eigenvalue weighted by Crippen LogP contribution is -2.16. The van der Waals surface area contributed by atoms with Gasteiger partial charge in [-0.05, 0) is 13.3 Å². The van der Waals surface area contributed by atoms with Gasteiger partial charge in [-0.1, -0.05) is 11.8 Å². The number of aromatic amines is 1. The van der Waals surface area contributed by atoms with Crippen molar-refractivity contribution in [1.29, 1.82) is 0 Å². The van der Waals surface area contributed by atoms with Crippen LogP contribution in [0.1, 0.15) is 19.8 Å². The first kappa shape index (κ1) is 10.9. The van der Waals surface area contributed by atoms with Crippen LogP contribution in [0.2, 0.25) is 0 Å². The molecule has 1 aromatic rings. The van der Waals surface area contributed by atoms with Gasteiger partial charge in [-0.3, -0.25) is 4.57 Å². The maximum absolute atomic E-state index is 11.2. The maximum Gasteiger partial charge on any atom is 0.343 e. The lowest BCUT2D eigenvalue weighted by Gasteiger charge is -2.00. The smallest absolute Gasteiger partial charge is 0.270 e. The van der Waals surface area contributed by atoms with Gasteiger partial charge in [0.05, 0.1) is 0 Å². The van der Waals surface area contributed by atoms with Crippen molar-refractivity contribution in [2.45, 2.75) is 31.5 Å². The second kappa shape index (κ2) is 5.55. The molecule has 0 saturated carbocycles. The van der Waals surface area contributed by atoms with E-state index in [1.165, 1.54) is 0 Å². The number of hydrogen-bond donors (Lipinski definition) is 1. The van der Waals surface area contributed by atoms with Crippen molar-refractivity contribution in [3.8, 4) is 12.3 Å². The van der Waals surface area contributed by atoms with Gasteiger partial charge in [-0.15, -0.1) is 17.4 Å². The summed E-state index contributed by atoms with van der Waals surface area (Å²) in [6.07, 6.45) is 6.85. The fourth-order valence-corrected chi connectivity index (χ4v) is 1.98. The Balaban J connectivity index is 2.51. The van der Waals surface area contributed by atoms with Crippen molar-refractivity contribution >= 4 is 11.8 Å². The van der Waals surface area contributed by atoms with E-state index in [0.717, 1.165) is 23.8 Å². The van der Waals surface area contributed by atoms with E-state index in [1.54, 1.807) is 16.3 Å². The van der Waals surface area contributed by atoms with Gasteiger partial charge in [0, 0.05) is 18.7 Å². The molecule has 0 bridgehead atoms. The van der Waals surface area contributed by atoms with Gasteiger partial charge in [0.15, 0.2) is 5.16 Å². The van der Waals surface area contributed by atoms with Gasteiger partial charge < -0.3 is 0 Å². The number of nitrogens with one attached hydrogen (secondary N) is 1. The SMILES string of the molecule is C#CCCCSc1n[nH]c(=O)n1CC. The van der Waals surface area contributed by atoms with E-state index in [0.29, 0.717) is 6.54 Å². The minimum Gasteiger partial charge on any atom is -0.270 e. The average Bonchev–Trinajstić information content (AvgIpc) is 2.54. The molecule has 5 heteroatoms. The maximum atomic E-state index is 11.2. The highest BCUT2D eigenvalue weighted by molar-refractivity contribution is 7.99. The number of aromatic nitrogens is 3. The van der Waals surface area contributed by atoms with Crippen LogP contribution in [0.4, 0.5) is 0 Å². The Labute approximate surface area is 87.1 Å². The van der Waals surface area contributed by atoms with Crippen LogP contribution in [0.25, 0.3) is 0 Å².